The number of carbonyl (C=O) groups is 1. The molecule has 1 fully saturated rings. The predicted octanol–water partition coefficient (Wildman–Crippen LogP) is 3.37. The second-order valence-corrected chi connectivity index (χ2v) is 9.23. The van der Waals surface area contributed by atoms with Gasteiger partial charge < -0.3 is 5.32 Å². The SMILES string of the molecule is Cc1ccc(S(=O)(=O)N2CCC[C@@H](C(=O)NCc3ccc(Cl)cc3)C2)cc1. The lowest BCUT2D eigenvalue weighted by Gasteiger charge is -2.31. The highest BCUT2D eigenvalue weighted by atomic mass is 35.5. The molecule has 27 heavy (non-hydrogen) atoms. The summed E-state index contributed by atoms with van der Waals surface area (Å²) in [6, 6.07) is 14.1. The van der Waals surface area contributed by atoms with Crippen LogP contribution in [0.15, 0.2) is 53.4 Å². The second-order valence-electron chi connectivity index (χ2n) is 6.86. The average molecular weight is 407 g/mol. The maximum Gasteiger partial charge on any atom is 0.243 e. The van der Waals surface area contributed by atoms with Crippen LogP contribution in [-0.4, -0.2) is 31.7 Å². The summed E-state index contributed by atoms with van der Waals surface area (Å²) in [5.74, 6) is -0.458. The fourth-order valence-electron chi connectivity index (χ4n) is 3.17. The largest absolute Gasteiger partial charge is 0.352 e. The summed E-state index contributed by atoms with van der Waals surface area (Å²) in [5.41, 5.74) is 1.96. The molecule has 7 heteroatoms. The Bertz CT molecular complexity index is 896. The Balaban J connectivity index is 1.63. The van der Waals surface area contributed by atoms with E-state index in [1.807, 2.05) is 19.1 Å². The third-order valence-electron chi connectivity index (χ3n) is 4.79. The van der Waals surface area contributed by atoms with Crippen molar-refractivity contribution >= 4 is 27.5 Å². The number of aryl methyl sites for hydroxylation is 1. The summed E-state index contributed by atoms with van der Waals surface area (Å²) in [6.07, 6.45) is 1.36. The predicted molar refractivity (Wildman–Crippen MR) is 106 cm³/mol. The van der Waals surface area contributed by atoms with E-state index >= 15 is 0 Å². The molecule has 1 aliphatic rings. The van der Waals surface area contributed by atoms with E-state index in [4.69, 9.17) is 11.6 Å². The zero-order chi connectivity index (χ0) is 19.4. The normalized spacial score (nSPS) is 18.2. The van der Waals surface area contributed by atoms with Crippen molar-refractivity contribution in [2.45, 2.75) is 31.2 Å². The van der Waals surface area contributed by atoms with Gasteiger partial charge in [0, 0.05) is 24.7 Å². The van der Waals surface area contributed by atoms with E-state index in [0.29, 0.717) is 31.0 Å². The van der Waals surface area contributed by atoms with Gasteiger partial charge in [-0.15, -0.1) is 0 Å². The summed E-state index contributed by atoms with van der Waals surface area (Å²) in [6.45, 7) is 2.97. The van der Waals surface area contributed by atoms with Crippen LogP contribution in [0.25, 0.3) is 0 Å². The van der Waals surface area contributed by atoms with Crippen molar-refractivity contribution in [2.75, 3.05) is 13.1 Å². The minimum Gasteiger partial charge on any atom is -0.352 e. The molecule has 0 aromatic heterocycles. The van der Waals surface area contributed by atoms with E-state index in [1.165, 1.54) is 4.31 Å². The Morgan fingerprint density at radius 2 is 1.81 bits per heavy atom. The van der Waals surface area contributed by atoms with Crippen LogP contribution < -0.4 is 5.32 Å². The molecule has 0 spiro atoms. The van der Waals surface area contributed by atoms with Gasteiger partial charge in [-0.3, -0.25) is 4.79 Å². The standard InChI is InChI=1S/C20H23ClN2O3S/c1-15-4-10-19(11-5-15)27(25,26)23-12-2-3-17(14-23)20(24)22-13-16-6-8-18(21)9-7-16/h4-11,17H,2-3,12-14H2,1H3,(H,22,24)/t17-/m1/s1. The third kappa shape index (κ3) is 4.89. The van der Waals surface area contributed by atoms with Crippen molar-refractivity contribution in [3.8, 4) is 0 Å². The average Bonchev–Trinajstić information content (AvgIpc) is 2.68. The molecular weight excluding hydrogens is 384 g/mol. The lowest BCUT2D eigenvalue weighted by atomic mass is 9.99. The third-order valence-corrected chi connectivity index (χ3v) is 6.93. The topological polar surface area (TPSA) is 66.5 Å². The van der Waals surface area contributed by atoms with Crippen LogP contribution in [0.2, 0.25) is 5.02 Å². The van der Waals surface area contributed by atoms with Crippen molar-refractivity contribution < 1.29 is 13.2 Å². The zero-order valence-electron chi connectivity index (χ0n) is 15.2. The Hall–Kier alpha value is -1.89. The van der Waals surface area contributed by atoms with Crippen LogP contribution in [0, 0.1) is 12.8 Å². The Labute approximate surface area is 165 Å². The molecule has 2 aromatic carbocycles. The molecule has 144 valence electrons. The molecule has 3 rings (SSSR count). The molecule has 0 aliphatic carbocycles. The van der Waals surface area contributed by atoms with E-state index in [1.54, 1.807) is 36.4 Å². The number of rotatable bonds is 5. The van der Waals surface area contributed by atoms with Gasteiger partial charge in [-0.2, -0.15) is 4.31 Å². The first-order valence-corrected chi connectivity index (χ1v) is 10.8. The summed E-state index contributed by atoms with van der Waals surface area (Å²) < 4.78 is 27.1. The van der Waals surface area contributed by atoms with Gasteiger partial charge in [0.15, 0.2) is 0 Å². The monoisotopic (exact) mass is 406 g/mol. The van der Waals surface area contributed by atoms with Gasteiger partial charge in [-0.05, 0) is 49.6 Å². The maximum absolute atomic E-state index is 12.9. The molecule has 1 N–H and O–H groups in total. The van der Waals surface area contributed by atoms with E-state index < -0.39 is 10.0 Å². The van der Waals surface area contributed by atoms with E-state index in [9.17, 15) is 13.2 Å². The maximum atomic E-state index is 12.9. The highest BCUT2D eigenvalue weighted by molar-refractivity contribution is 7.89. The molecule has 0 unspecified atom stereocenters. The van der Waals surface area contributed by atoms with E-state index in [0.717, 1.165) is 11.1 Å². The molecule has 1 aliphatic heterocycles. The van der Waals surface area contributed by atoms with Gasteiger partial charge in [0.05, 0.1) is 10.8 Å². The Morgan fingerprint density at radius 1 is 1.15 bits per heavy atom. The molecule has 1 atom stereocenters. The van der Waals surface area contributed by atoms with Gasteiger partial charge in [0.2, 0.25) is 15.9 Å². The molecule has 5 nitrogen and oxygen atoms in total. The number of benzene rings is 2. The number of piperidine rings is 1. The zero-order valence-corrected chi connectivity index (χ0v) is 16.8. The fraction of sp³-hybridized carbons (Fsp3) is 0.350. The Kier molecular flexibility index (Phi) is 6.19. The summed E-state index contributed by atoms with van der Waals surface area (Å²) in [7, 11) is -3.58. The van der Waals surface area contributed by atoms with Crippen LogP contribution in [0.3, 0.4) is 0 Å². The molecule has 0 saturated carbocycles. The molecule has 1 amide bonds. The van der Waals surface area contributed by atoms with E-state index in [2.05, 4.69) is 5.32 Å². The number of sulfonamides is 1. The Morgan fingerprint density at radius 3 is 2.48 bits per heavy atom. The summed E-state index contributed by atoms with van der Waals surface area (Å²) in [5, 5.41) is 3.55. The molecule has 0 radical (unpaired) electrons. The van der Waals surface area contributed by atoms with Gasteiger partial charge in [-0.25, -0.2) is 8.42 Å². The first-order valence-electron chi connectivity index (χ1n) is 8.95. The van der Waals surface area contributed by atoms with Crippen molar-refractivity contribution in [2.24, 2.45) is 5.92 Å². The number of hydrogen-bond donors (Lipinski definition) is 1. The molecule has 0 bridgehead atoms. The first-order chi connectivity index (χ1) is 12.9. The summed E-state index contributed by atoms with van der Waals surface area (Å²) in [4.78, 5) is 12.8. The summed E-state index contributed by atoms with van der Waals surface area (Å²) >= 11 is 5.86. The number of amides is 1. The number of halogens is 1. The minimum atomic E-state index is -3.58. The van der Waals surface area contributed by atoms with E-state index in [-0.39, 0.29) is 23.3 Å². The van der Waals surface area contributed by atoms with Crippen LogP contribution in [0.5, 0.6) is 0 Å². The molecule has 1 saturated heterocycles. The molecular formula is C20H23ClN2O3S. The van der Waals surface area contributed by atoms with Gasteiger partial charge in [0.1, 0.15) is 0 Å². The van der Waals surface area contributed by atoms with Gasteiger partial charge in [-0.1, -0.05) is 41.4 Å². The second kappa shape index (κ2) is 8.42. The van der Waals surface area contributed by atoms with Crippen LogP contribution in [-0.2, 0) is 21.4 Å². The highest BCUT2D eigenvalue weighted by Crippen LogP contribution is 2.24. The number of nitrogens with zero attached hydrogens (tertiary/aromatic N) is 1. The van der Waals surface area contributed by atoms with Crippen LogP contribution >= 0.6 is 11.6 Å². The minimum absolute atomic E-state index is 0.117. The smallest absolute Gasteiger partial charge is 0.243 e. The highest BCUT2D eigenvalue weighted by Gasteiger charge is 2.33. The fourth-order valence-corrected chi connectivity index (χ4v) is 4.82. The number of hydrogen-bond acceptors (Lipinski definition) is 3. The lowest BCUT2D eigenvalue weighted by Crippen LogP contribution is -2.45. The number of nitrogens with one attached hydrogen (secondary N) is 1. The molecule has 2 aromatic rings. The molecule has 1 heterocycles. The lowest BCUT2D eigenvalue weighted by molar-refractivity contribution is -0.126. The van der Waals surface area contributed by atoms with Crippen LogP contribution in [0.4, 0.5) is 0 Å². The number of carbonyl (C=O) groups excluding carboxylic acids is 1. The van der Waals surface area contributed by atoms with Crippen molar-refractivity contribution in [1.29, 1.82) is 0 Å². The van der Waals surface area contributed by atoms with Gasteiger partial charge >= 0.3 is 0 Å². The van der Waals surface area contributed by atoms with Crippen molar-refractivity contribution in [1.82, 2.24) is 9.62 Å². The quantitative estimate of drug-likeness (QED) is 0.827. The van der Waals surface area contributed by atoms with Crippen molar-refractivity contribution in [3.63, 3.8) is 0 Å². The van der Waals surface area contributed by atoms with Gasteiger partial charge in [0.25, 0.3) is 0 Å². The van der Waals surface area contributed by atoms with Crippen LogP contribution in [0.1, 0.15) is 24.0 Å². The van der Waals surface area contributed by atoms with Crippen molar-refractivity contribution in [3.05, 3.63) is 64.7 Å². The first kappa shape index (κ1) is 19.9.